The highest BCUT2D eigenvalue weighted by atomic mass is 32.2. The van der Waals surface area contributed by atoms with E-state index in [1.54, 1.807) is 18.3 Å². The van der Waals surface area contributed by atoms with Crippen LogP contribution in [0.25, 0.3) is 22.2 Å². The van der Waals surface area contributed by atoms with Gasteiger partial charge in [-0.25, -0.2) is 27.8 Å². The Kier molecular flexibility index (Phi) is 9.90. The number of pyridine rings is 1. The summed E-state index contributed by atoms with van der Waals surface area (Å²) in [7, 11) is -2.20. The monoisotopic (exact) mass is 653 g/mol. The number of methoxy groups -OCH3 is 1. The Morgan fingerprint density at radius 1 is 1.09 bits per heavy atom. The number of allylic oxidation sites excluding steroid dienone is 2. The van der Waals surface area contributed by atoms with E-state index in [1.807, 2.05) is 0 Å². The summed E-state index contributed by atoms with van der Waals surface area (Å²) in [6, 6.07) is 5.20. The third-order valence-corrected chi connectivity index (χ3v) is 9.61. The first kappa shape index (κ1) is 32.4. The van der Waals surface area contributed by atoms with E-state index in [4.69, 9.17) is 19.4 Å². The minimum Gasteiger partial charge on any atom is -0.480 e. The van der Waals surface area contributed by atoms with Crippen LogP contribution in [0.5, 0.6) is 5.88 Å². The Morgan fingerprint density at radius 3 is 2.59 bits per heavy atom. The molecule has 3 aliphatic rings. The van der Waals surface area contributed by atoms with E-state index in [1.165, 1.54) is 38.1 Å². The van der Waals surface area contributed by atoms with Gasteiger partial charge in [-0.1, -0.05) is 13.0 Å². The molecule has 0 amide bonds. The summed E-state index contributed by atoms with van der Waals surface area (Å²) < 4.78 is 53.0. The van der Waals surface area contributed by atoms with Crippen molar-refractivity contribution in [1.29, 1.82) is 0 Å². The molecule has 0 spiro atoms. The second-order valence-corrected chi connectivity index (χ2v) is 14.1. The fourth-order valence-electron chi connectivity index (χ4n) is 6.89. The lowest BCUT2D eigenvalue weighted by molar-refractivity contribution is 0.116. The fraction of sp³-hybridized carbons (Fsp3) is 0.545. The number of ether oxygens (including phenoxy) is 2. The maximum absolute atomic E-state index is 15.4. The second-order valence-electron chi connectivity index (χ2n) is 12.3. The number of sulfonamides is 1. The summed E-state index contributed by atoms with van der Waals surface area (Å²) in [6.45, 7) is 8.13. The number of rotatable bonds is 9. The first-order chi connectivity index (χ1) is 22.2. The van der Waals surface area contributed by atoms with Crippen molar-refractivity contribution < 1.29 is 22.3 Å². The van der Waals surface area contributed by atoms with E-state index in [2.05, 4.69) is 37.4 Å². The maximum atomic E-state index is 15.4. The van der Waals surface area contributed by atoms with Crippen LogP contribution in [-0.4, -0.2) is 98.5 Å². The molecule has 0 bridgehead atoms. The molecule has 1 aromatic carbocycles. The lowest BCUT2D eigenvalue weighted by Crippen LogP contribution is -2.45. The van der Waals surface area contributed by atoms with Gasteiger partial charge < -0.3 is 19.3 Å². The highest BCUT2D eigenvalue weighted by Gasteiger charge is 2.28. The summed E-state index contributed by atoms with van der Waals surface area (Å²) in [6.07, 6.45) is 11.9. The number of nitrogens with one attached hydrogen (secondary N) is 1. The van der Waals surface area contributed by atoms with Gasteiger partial charge in [0.25, 0.3) is 0 Å². The molecule has 0 aliphatic carbocycles. The standard InChI is InChI=1S/C33H44FN7O4S/c1-4-7-26-8-5-6-11-41(26)27-9-12-39(13-10-27)22-24-18-25(34)20-28-30(36-33(37-31(24)28)40-14-16-45-17-15-40)23-19-29(38-46(3,42)43)32(44-2)35-21-23/h7,18-21,27,38H,4-6,8-17,22H2,1-3H3/b26-7+. The van der Waals surface area contributed by atoms with Crippen LogP contribution in [0.15, 0.2) is 36.2 Å². The predicted molar refractivity (Wildman–Crippen MR) is 178 cm³/mol. The summed E-state index contributed by atoms with van der Waals surface area (Å²) in [5.74, 6) is 0.268. The average molecular weight is 654 g/mol. The van der Waals surface area contributed by atoms with Crippen LogP contribution in [0.3, 0.4) is 0 Å². The molecule has 6 rings (SSSR count). The van der Waals surface area contributed by atoms with Gasteiger partial charge in [0.05, 0.1) is 37.8 Å². The predicted octanol–water partition coefficient (Wildman–Crippen LogP) is 4.79. The number of piperidine rings is 2. The zero-order valence-electron chi connectivity index (χ0n) is 27.0. The van der Waals surface area contributed by atoms with Crippen LogP contribution in [0.1, 0.15) is 51.0 Å². The summed E-state index contributed by atoms with van der Waals surface area (Å²) in [5.41, 5.74) is 4.14. The lowest BCUT2D eigenvalue weighted by atomic mass is 9.97. The van der Waals surface area contributed by atoms with Crippen molar-refractivity contribution in [2.75, 3.05) is 68.9 Å². The third kappa shape index (κ3) is 7.37. The fourth-order valence-corrected chi connectivity index (χ4v) is 7.44. The number of fused-ring (bicyclic) bond motifs is 1. The SMILES string of the molecule is CC/C=C1\CCCCN1C1CCN(Cc2cc(F)cc3c(-c4cnc(OC)c(NS(C)(=O)=O)c4)nc(N4CCOCC4)nc23)CC1. The van der Waals surface area contributed by atoms with Crippen molar-refractivity contribution in [2.45, 2.75) is 58.0 Å². The highest BCUT2D eigenvalue weighted by molar-refractivity contribution is 7.92. The zero-order valence-corrected chi connectivity index (χ0v) is 27.8. The van der Waals surface area contributed by atoms with Crippen LogP contribution in [-0.2, 0) is 21.3 Å². The molecule has 3 aromatic rings. The molecule has 46 heavy (non-hydrogen) atoms. The first-order valence-electron chi connectivity index (χ1n) is 16.3. The number of nitrogens with zero attached hydrogens (tertiary/aromatic N) is 6. The quantitative estimate of drug-likeness (QED) is 0.346. The smallest absolute Gasteiger partial charge is 0.238 e. The van der Waals surface area contributed by atoms with Crippen LogP contribution >= 0.6 is 0 Å². The van der Waals surface area contributed by atoms with E-state index in [9.17, 15) is 8.42 Å². The number of hydrogen-bond acceptors (Lipinski definition) is 10. The number of aromatic nitrogens is 3. The molecule has 11 nitrogen and oxygen atoms in total. The molecule has 3 saturated heterocycles. The van der Waals surface area contributed by atoms with Gasteiger partial charge in [0.15, 0.2) is 0 Å². The maximum Gasteiger partial charge on any atom is 0.238 e. The molecule has 1 N–H and O–H groups in total. The molecule has 0 atom stereocenters. The van der Waals surface area contributed by atoms with Crippen molar-refractivity contribution in [1.82, 2.24) is 24.8 Å². The van der Waals surface area contributed by atoms with Gasteiger partial charge in [-0.15, -0.1) is 0 Å². The second kappa shape index (κ2) is 14.1. The molecule has 13 heteroatoms. The number of halogens is 1. The Morgan fingerprint density at radius 2 is 1.87 bits per heavy atom. The number of benzene rings is 1. The van der Waals surface area contributed by atoms with Crippen LogP contribution in [0, 0.1) is 5.82 Å². The zero-order chi connectivity index (χ0) is 32.3. The van der Waals surface area contributed by atoms with Gasteiger partial charge in [-0.3, -0.25) is 9.62 Å². The number of hydrogen-bond donors (Lipinski definition) is 1. The number of anilines is 2. The molecule has 5 heterocycles. The minimum absolute atomic E-state index is 0.123. The van der Waals surface area contributed by atoms with Crippen LogP contribution < -0.4 is 14.4 Å². The molecule has 3 fully saturated rings. The molecular weight excluding hydrogens is 609 g/mol. The number of morpholine rings is 1. The van der Waals surface area contributed by atoms with Gasteiger partial charge in [0.2, 0.25) is 21.9 Å². The minimum atomic E-state index is -3.62. The van der Waals surface area contributed by atoms with Crippen molar-refractivity contribution in [3.8, 4) is 17.1 Å². The van der Waals surface area contributed by atoms with Crippen LogP contribution in [0.4, 0.5) is 16.0 Å². The Balaban J connectivity index is 1.35. The van der Waals surface area contributed by atoms with Crippen molar-refractivity contribution >= 4 is 32.6 Å². The number of likely N-dealkylation sites (tertiary alicyclic amines) is 2. The summed E-state index contributed by atoms with van der Waals surface area (Å²) >= 11 is 0. The van der Waals surface area contributed by atoms with Gasteiger partial charge in [-0.05, 0) is 62.3 Å². The van der Waals surface area contributed by atoms with Crippen molar-refractivity contribution in [3.05, 3.63) is 47.5 Å². The molecule has 0 unspecified atom stereocenters. The first-order valence-corrected chi connectivity index (χ1v) is 18.1. The Labute approximate surface area is 270 Å². The third-order valence-electron chi connectivity index (χ3n) is 9.02. The molecule has 0 saturated carbocycles. The largest absolute Gasteiger partial charge is 0.480 e. The van der Waals surface area contributed by atoms with E-state index in [-0.39, 0.29) is 17.4 Å². The highest BCUT2D eigenvalue weighted by Crippen LogP contribution is 2.35. The summed E-state index contributed by atoms with van der Waals surface area (Å²) in [5, 5.41) is 0.543. The van der Waals surface area contributed by atoms with Crippen molar-refractivity contribution in [3.63, 3.8) is 0 Å². The molecule has 248 valence electrons. The topological polar surface area (TPSA) is 113 Å². The molecular formula is C33H44FN7O4S. The molecule has 0 radical (unpaired) electrons. The van der Waals surface area contributed by atoms with Crippen molar-refractivity contribution in [2.24, 2.45) is 0 Å². The summed E-state index contributed by atoms with van der Waals surface area (Å²) in [4.78, 5) is 21.4. The van der Waals surface area contributed by atoms with Gasteiger partial charge in [0.1, 0.15) is 11.5 Å². The van der Waals surface area contributed by atoms with Crippen LogP contribution in [0.2, 0.25) is 0 Å². The lowest BCUT2D eigenvalue weighted by Gasteiger charge is -2.43. The van der Waals surface area contributed by atoms with Gasteiger partial charge in [0, 0.05) is 68.2 Å². The van der Waals surface area contributed by atoms with E-state index in [0.29, 0.717) is 67.0 Å². The molecule has 3 aliphatic heterocycles. The van der Waals surface area contributed by atoms with Gasteiger partial charge >= 0.3 is 0 Å². The average Bonchev–Trinajstić information content (AvgIpc) is 3.05. The Bertz CT molecular complexity index is 1690. The van der Waals surface area contributed by atoms with E-state index >= 15 is 4.39 Å². The Hall–Kier alpha value is -3.55. The van der Waals surface area contributed by atoms with E-state index < -0.39 is 10.0 Å². The molecule has 2 aromatic heterocycles. The van der Waals surface area contributed by atoms with E-state index in [0.717, 1.165) is 50.7 Å². The van der Waals surface area contributed by atoms with Gasteiger partial charge in [-0.2, -0.15) is 0 Å². The normalized spacial score (nSPS) is 19.6.